The minimum atomic E-state index is -4.08. The zero-order valence-corrected chi connectivity index (χ0v) is 11.7. The van der Waals surface area contributed by atoms with Gasteiger partial charge in [0.1, 0.15) is 6.54 Å². The summed E-state index contributed by atoms with van der Waals surface area (Å²) in [6, 6.07) is 5.84. The van der Waals surface area contributed by atoms with E-state index < -0.39 is 28.7 Å². The van der Waals surface area contributed by atoms with Crippen LogP contribution in [0.2, 0.25) is 0 Å². The first-order chi connectivity index (χ1) is 9.27. The van der Waals surface area contributed by atoms with Crippen LogP contribution >= 0.6 is 0 Å². The lowest BCUT2D eigenvalue weighted by Crippen LogP contribution is -2.36. The molecule has 20 heavy (non-hydrogen) atoms. The molecule has 0 atom stereocenters. The Bertz CT molecular complexity index is 613. The van der Waals surface area contributed by atoms with Crippen molar-refractivity contribution in [1.82, 2.24) is 4.31 Å². The molecule has 0 unspecified atom stereocenters. The van der Waals surface area contributed by atoms with Gasteiger partial charge in [0, 0.05) is 7.05 Å². The van der Waals surface area contributed by atoms with Crippen LogP contribution in [0.1, 0.15) is 10.4 Å². The Hall–Kier alpha value is -2.13. The SMILES string of the molecule is COC(=O)c1ccccc1NS(=O)(=O)N(C)CC(=O)O. The van der Waals surface area contributed by atoms with E-state index in [9.17, 15) is 18.0 Å². The highest BCUT2D eigenvalue weighted by Crippen LogP contribution is 2.18. The molecule has 0 saturated heterocycles. The number of hydrogen-bond acceptors (Lipinski definition) is 5. The third-order valence-electron chi connectivity index (χ3n) is 2.34. The van der Waals surface area contributed by atoms with E-state index in [1.807, 2.05) is 0 Å². The normalized spacial score (nSPS) is 11.2. The zero-order chi connectivity index (χ0) is 15.3. The van der Waals surface area contributed by atoms with Gasteiger partial charge >= 0.3 is 22.1 Å². The van der Waals surface area contributed by atoms with Gasteiger partial charge in [0.15, 0.2) is 0 Å². The van der Waals surface area contributed by atoms with Gasteiger partial charge in [0.2, 0.25) is 0 Å². The van der Waals surface area contributed by atoms with Crippen molar-refractivity contribution < 1.29 is 27.9 Å². The Balaban J connectivity index is 3.04. The molecule has 1 rings (SSSR count). The molecule has 0 amide bonds. The number of rotatable bonds is 6. The number of nitrogens with one attached hydrogen (secondary N) is 1. The van der Waals surface area contributed by atoms with E-state index in [0.717, 1.165) is 7.05 Å². The lowest BCUT2D eigenvalue weighted by molar-refractivity contribution is -0.137. The van der Waals surface area contributed by atoms with Crippen molar-refractivity contribution in [2.75, 3.05) is 25.4 Å². The number of anilines is 1. The Morgan fingerprint density at radius 3 is 2.50 bits per heavy atom. The number of ether oxygens (including phenoxy) is 1. The van der Waals surface area contributed by atoms with Crippen molar-refractivity contribution in [1.29, 1.82) is 0 Å². The highest BCUT2D eigenvalue weighted by molar-refractivity contribution is 7.90. The van der Waals surface area contributed by atoms with Crippen LogP contribution in [0.4, 0.5) is 5.69 Å². The average molecular weight is 302 g/mol. The monoisotopic (exact) mass is 302 g/mol. The van der Waals surface area contributed by atoms with Gasteiger partial charge in [-0.3, -0.25) is 9.52 Å². The standard InChI is InChI=1S/C11H14N2O6S/c1-13(7-10(14)15)20(17,18)12-9-6-4-3-5-8(9)11(16)19-2/h3-6,12H,7H2,1-2H3,(H,14,15). The number of aliphatic carboxylic acids is 1. The van der Waals surface area contributed by atoms with Crippen LogP contribution in [0.3, 0.4) is 0 Å². The lowest BCUT2D eigenvalue weighted by Gasteiger charge is -2.17. The molecule has 0 fully saturated rings. The molecule has 0 aliphatic heterocycles. The van der Waals surface area contributed by atoms with Crippen LogP contribution in [0, 0.1) is 0 Å². The number of carbonyl (C=O) groups excluding carboxylic acids is 1. The maximum Gasteiger partial charge on any atom is 0.339 e. The summed E-state index contributed by atoms with van der Waals surface area (Å²) < 4.78 is 31.1. The van der Waals surface area contributed by atoms with Crippen molar-refractivity contribution >= 4 is 27.8 Å². The molecule has 9 heteroatoms. The number of hydrogen-bond donors (Lipinski definition) is 2. The number of para-hydroxylation sites is 1. The van der Waals surface area contributed by atoms with Gasteiger partial charge in [-0.2, -0.15) is 12.7 Å². The minimum absolute atomic E-state index is 0.0107. The number of likely N-dealkylation sites (N-methyl/N-ethyl adjacent to an activating group) is 1. The number of methoxy groups -OCH3 is 1. The Morgan fingerprint density at radius 2 is 1.95 bits per heavy atom. The van der Waals surface area contributed by atoms with Crippen LogP contribution in [-0.4, -0.2) is 50.5 Å². The first kappa shape index (κ1) is 15.9. The highest BCUT2D eigenvalue weighted by Gasteiger charge is 2.22. The molecule has 0 radical (unpaired) electrons. The number of carbonyl (C=O) groups is 2. The quantitative estimate of drug-likeness (QED) is 0.723. The third kappa shape index (κ3) is 3.93. The summed E-state index contributed by atoms with van der Waals surface area (Å²) in [5.41, 5.74) is 0.0406. The summed E-state index contributed by atoms with van der Waals surface area (Å²) in [5, 5.41) is 8.59. The summed E-state index contributed by atoms with van der Waals surface area (Å²) in [6.45, 7) is -0.699. The zero-order valence-electron chi connectivity index (χ0n) is 10.9. The minimum Gasteiger partial charge on any atom is -0.480 e. The third-order valence-corrected chi connectivity index (χ3v) is 3.77. The van der Waals surface area contributed by atoms with Gasteiger partial charge in [-0.1, -0.05) is 12.1 Å². The van der Waals surface area contributed by atoms with Crippen molar-refractivity contribution in [2.45, 2.75) is 0 Å². The van der Waals surface area contributed by atoms with Gasteiger partial charge in [-0.05, 0) is 12.1 Å². The fraction of sp³-hybridized carbons (Fsp3) is 0.273. The fourth-order valence-corrected chi connectivity index (χ4v) is 2.24. The fourth-order valence-electron chi connectivity index (χ4n) is 1.35. The summed E-state index contributed by atoms with van der Waals surface area (Å²) in [5.74, 6) is -2.00. The molecule has 1 aromatic rings. The summed E-state index contributed by atoms with van der Waals surface area (Å²) in [4.78, 5) is 22.0. The topological polar surface area (TPSA) is 113 Å². The van der Waals surface area contributed by atoms with E-state index >= 15 is 0 Å². The van der Waals surface area contributed by atoms with E-state index in [2.05, 4.69) is 9.46 Å². The number of carboxylic acid groups (broad SMARTS) is 1. The van der Waals surface area contributed by atoms with Crippen LogP contribution < -0.4 is 4.72 Å². The smallest absolute Gasteiger partial charge is 0.339 e. The van der Waals surface area contributed by atoms with Gasteiger partial charge in [0.25, 0.3) is 0 Å². The molecule has 2 N–H and O–H groups in total. The maximum absolute atomic E-state index is 11.9. The van der Waals surface area contributed by atoms with E-state index in [1.54, 1.807) is 6.07 Å². The molecule has 0 heterocycles. The number of benzene rings is 1. The van der Waals surface area contributed by atoms with Crippen molar-refractivity contribution in [3.63, 3.8) is 0 Å². The molecule has 0 aromatic heterocycles. The van der Waals surface area contributed by atoms with Gasteiger partial charge in [-0.15, -0.1) is 0 Å². The summed E-state index contributed by atoms with van der Waals surface area (Å²) in [6.07, 6.45) is 0. The molecule has 1 aromatic carbocycles. The molecule has 0 spiro atoms. The number of esters is 1. The van der Waals surface area contributed by atoms with Gasteiger partial charge < -0.3 is 9.84 Å². The Kier molecular flexibility index (Phi) is 5.06. The first-order valence-corrected chi connectivity index (χ1v) is 6.85. The van der Waals surface area contributed by atoms with Crippen LogP contribution in [-0.2, 0) is 19.7 Å². The predicted octanol–water partition coefficient (Wildman–Crippen LogP) is 0.146. The van der Waals surface area contributed by atoms with E-state index in [0.29, 0.717) is 4.31 Å². The van der Waals surface area contributed by atoms with Crippen LogP contribution in [0.5, 0.6) is 0 Å². The second kappa shape index (κ2) is 6.35. The van der Waals surface area contributed by atoms with Gasteiger partial charge in [0.05, 0.1) is 18.4 Å². The van der Waals surface area contributed by atoms with Gasteiger partial charge in [-0.25, -0.2) is 4.79 Å². The molecule has 0 saturated carbocycles. The second-order valence-electron chi connectivity index (χ2n) is 3.79. The lowest BCUT2D eigenvalue weighted by atomic mass is 10.2. The highest BCUT2D eigenvalue weighted by atomic mass is 32.2. The molecular formula is C11H14N2O6S. The molecule has 8 nitrogen and oxygen atoms in total. The van der Waals surface area contributed by atoms with Crippen LogP contribution in [0.25, 0.3) is 0 Å². The Morgan fingerprint density at radius 1 is 1.35 bits per heavy atom. The summed E-state index contributed by atoms with van der Waals surface area (Å²) >= 11 is 0. The molecular weight excluding hydrogens is 288 g/mol. The number of nitrogens with zero attached hydrogens (tertiary/aromatic N) is 1. The van der Waals surface area contributed by atoms with E-state index in [4.69, 9.17) is 5.11 Å². The molecule has 0 aliphatic carbocycles. The molecule has 0 bridgehead atoms. The van der Waals surface area contributed by atoms with Crippen LogP contribution in [0.15, 0.2) is 24.3 Å². The molecule has 110 valence electrons. The van der Waals surface area contributed by atoms with E-state index in [-0.39, 0.29) is 11.3 Å². The van der Waals surface area contributed by atoms with Crippen molar-refractivity contribution in [2.24, 2.45) is 0 Å². The number of carboxylic acids is 1. The predicted molar refractivity (Wildman–Crippen MR) is 70.6 cm³/mol. The van der Waals surface area contributed by atoms with Crippen molar-refractivity contribution in [3.8, 4) is 0 Å². The second-order valence-corrected chi connectivity index (χ2v) is 5.57. The largest absolute Gasteiger partial charge is 0.480 e. The maximum atomic E-state index is 11.9. The Labute approximate surface area is 116 Å². The first-order valence-electron chi connectivity index (χ1n) is 5.41. The van der Waals surface area contributed by atoms with E-state index in [1.165, 1.54) is 25.3 Å². The summed E-state index contributed by atoms with van der Waals surface area (Å²) in [7, 11) is -1.80. The van der Waals surface area contributed by atoms with Crippen molar-refractivity contribution in [3.05, 3.63) is 29.8 Å². The average Bonchev–Trinajstić information content (AvgIpc) is 2.37. The molecule has 0 aliphatic rings.